The van der Waals surface area contributed by atoms with E-state index in [0.29, 0.717) is 6.54 Å². The zero-order valence-corrected chi connectivity index (χ0v) is 14.7. The first-order chi connectivity index (χ1) is 10.6. The molecule has 0 spiro atoms. The number of hydrogen-bond donors (Lipinski definition) is 2. The Morgan fingerprint density at radius 2 is 1.78 bits per heavy atom. The van der Waals surface area contributed by atoms with Crippen LogP contribution in [0.25, 0.3) is 0 Å². The van der Waals surface area contributed by atoms with Crippen molar-refractivity contribution < 1.29 is 14.7 Å². The van der Waals surface area contributed by atoms with E-state index in [1.54, 1.807) is 14.0 Å². The molecule has 0 aliphatic rings. The smallest absolute Gasteiger partial charge is 0.320 e. The Hall–Kier alpha value is -1.88. The summed E-state index contributed by atoms with van der Waals surface area (Å²) in [5.74, 6) is -1.09. The maximum absolute atomic E-state index is 11.8. The zero-order valence-electron chi connectivity index (χ0n) is 14.7. The molecule has 23 heavy (non-hydrogen) atoms. The van der Waals surface area contributed by atoms with Crippen LogP contribution in [-0.2, 0) is 21.4 Å². The highest BCUT2D eigenvalue weighted by Gasteiger charge is 2.18. The highest BCUT2D eigenvalue weighted by atomic mass is 16.4. The van der Waals surface area contributed by atoms with Gasteiger partial charge in [-0.1, -0.05) is 45.0 Å². The number of aliphatic carboxylic acids is 1. The zero-order chi connectivity index (χ0) is 17.6. The van der Waals surface area contributed by atoms with Crippen molar-refractivity contribution >= 4 is 11.9 Å². The monoisotopic (exact) mass is 320 g/mol. The predicted octanol–water partition coefficient (Wildman–Crippen LogP) is 2.05. The van der Waals surface area contributed by atoms with Gasteiger partial charge in [-0.15, -0.1) is 0 Å². The summed E-state index contributed by atoms with van der Waals surface area (Å²) in [6, 6.07) is 7.75. The van der Waals surface area contributed by atoms with E-state index >= 15 is 0 Å². The van der Waals surface area contributed by atoms with E-state index in [1.165, 1.54) is 16.0 Å². The van der Waals surface area contributed by atoms with Crippen molar-refractivity contribution in [3.05, 3.63) is 35.4 Å². The summed E-state index contributed by atoms with van der Waals surface area (Å²) in [5.41, 5.74) is 2.60. The minimum Gasteiger partial charge on any atom is -0.480 e. The quantitative estimate of drug-likeness (QED) is 0.807. The van der Waals surface area contributed by atoms with Crippen LogP contribution in [-0.4, -0.2) is 48.1 Å². The Kier molecular flexibility index (Phi) is 6.76. The Balaban J connectivity index is 2.39. The minimum atomic E-state index is -0.931. The lowest BCUT2D eigenvalue weighted by molar-refractivity contribution is -0.142. The first-order valence-corrected chi connectivity index (χ1v) is 7.90. The van der Waals surface area contributed by atoms with Crippen LogP contribution < -0.4 is 5.32 Å². The number of nitrogens with zero attached hydrogens (tertiary/aromatic N) is 1. The van der Waals surface area contributed by atoms with E-state index in [-0.39, 0.29) is 17.9 Å². The molecule has 1 unspecified atom stereocenters. The van der Waals surface area contributed by atoms with E-state index in [9.17, 15) is 9.59 Å². The molecule has 1 aromatic rings. The van der Waals surface area contributed by atoms with Gasteiger partial charge in [-0.3, -0.25) is 14.5 Å². The molecule has 1 aromatic carbocycles. The lowest BCUT2D eigenvalue weighted by Gasteiger charge is -2.20. The van der Waals surface area contributed by atoms with Gasteiger partial charge in [0.1, 0.15) is 6.04 Å². The van der Waals surface area contributed by atoms with Crippen LogP contribution in [0.4, 0.5) is 0 Å². The number of carbonyl (C=O) groups is 2. The fourth-order valence-corrected chi connectivity index (χ4v) is 2.13. The molecule has 128 valence electrons. The Morgan fingerprint density at radius 1 is 1.22 bits per heavy atom. The molecule has 0 heterocycles. The molecule has 0 radical (unpaired) electrons. The normalized spacial score (nSPS) is 13.0. The van der Waals surface area contributed by atoms with Crippen molar-refractivity contribution in [1.82, 2.24) is 10.2 Å². The van der Waals surface area contributed by atoms with Crippen molar-refractivity contribution in [1.29, 1.82) is 0 Å². The molecule has 1 rings (SSSR count). The topological polar surface area (TPSA) is 69.6 Å². The second-order valence-electron chi connectivity index (χ2n) is 6.98. The molecule has 0 saturated heterocycles. The Morgan fingerprint density at radius 3 is 2.26 bits per heavy atom. The van der Waals surface area contributed by atoms with Crippen molar-refractivity contribution in [3.8, 4) is 0 Å². The summed E-state index contributed by atoms with van der Waals surface area (Å²) < 4.78 is 0. The largest absolute Gasteiger partial charge is 0.480 e. The van der Waals surface area contributed by atoms with Crippen LogP contribution >= 0.6 is 0 Å². The molecule has 1 amide bonds. The maximum atomic E-state index is 11.8. The highest BCUT2D eigenvalue weighted by molar-refractivity contribution is 5.79. The molecule has 5 heteroatoms. The van der Waals surface area contributed by atoms with E-state index < -0.39 is 12.0 Å². The van der Waals surface area contributed by atoms with Gasteiger partial charge in [-0.2, -0.15) is 0 Å². The van der Waals surface area contributed by atoms with E-state index in [1.807, 2.05) is 0 Å². The average Bonchev–Trinajstić information content (AvgIpc) is 2.45. The summed E-state index contributed by atoms with van der Waals surface area (Å²) in [7, 11) is 1.63. The molecule has 0 aromatic heterocycles. The van der Waals surface area contributed by atoms with Crippen LogP contribution in [0.2, 0.25) is 0 Å². The summed E-state index contributed by atoms with van der Waals surface area (Å²) in [4.78, 5) is 24.2. The number of amides is 1. The second kappa shape index (κ2) is 8.11. The van der Waals surface area contributed by atoms with Gasteiger partial charge in [0.05, 0.1) is 6.54 Å². The van der Waals surface area contributed by atoms with Crippen molar-refractivity contribution in [2.75, 3.05) is 20.1 Å². The lowest BCUT2D eigenvalue weighted by Crippen LogP contribution is -2.43. The number of benzene rings is 1. The molecule has 2 N–H and O–H groups in total. The van der Waals surface area contributed by atoms with Crippen LogP contribution in [0.5, 0.6) is 0 Å². The fourth-order valence-electron chi connectivity index (χ4n) is 2.13. The maximum Gasteiger partial charge on any atom is 0.320 e. The van der Waals surface area contributed by atoms with Gasteiger partial charge in [-0.05, 0) is 36.9 Å². The van der Waals surface area contributed by atoms with Gasteiger partial charge in [0, 0.05) is 6.54 Å². The third kappa shape index (κ3) is 6.40. The molecular formula is C18H28N2O3. The second-order valence-corrected chi connectivity index (χ2v) is 6.98. The van der Waals surface area contributed by atoms with Crippen LogP contribution in [0, 0.1) is 0 Å². The summed E-state index contributed by atoms with van der Waals surface area (Å²) in [5, 5.41) is 11.7. The highest BCUT2D eigenvalue weighted by Crippen LogP contribution is 2.22. The van der Waals surface area contributed by atoms with Crippen molar-refractivity contribution in [2.45, 2.75) is 45.6 Å². The third-order valence-corrected chi connectivity index (χ3v) is 3.97. The van der Waals surface area contributed by atoms with Gasteiger partial charge < -0.3 is 10.4 Å². The van der Waals surface area contributed by atoms with E-state index in [2.05, 4.69) is 50.4 Å². The Bertz CT molecular complexity index is 532. The molecule has 1 atom stereocenters. The summed E-state index contributed by atoms with van der Waals surface area (Å²) >= 11 is 0. The van der Waals surface area contributed by atoms with Crippen molar-refractivity contribution in [2.24, 2.45) is 0 Å². The molecule has 0 saturated carbocycles. The van der Waals surface area contributed by atoms with Gasteiger partial charge in [0.15, 0.2) is 0 Å². The van der Waals surface area contributed by atoms with Crippen molar-refractivity contribution in [3.63, 3.8) is 0 Å². The predicted molar refractivity (Wildman–Crippen MR) is 91.6 cm³/mol. The van der Waals surface area contributed by atoms with Gasteiger partial charge in [0.25, 0.3) is 0 Å². The average molecular weight is 320 g/mol. The van der Waals surface area contributed by atoms with Crippen LogP contribution in [0.15, 0.2) is 24.3 Å². The van der Waals surface area contributed by atoms with E-state index in [0.717, 1.165) is 6.42 Å². The van der Waals surface area contributed by atoms with Crippen LogP contribution in [0.1, 0.15) is 38.8 Å². The minimum absolute atomic E-state index is 0.0798. The number of carboxylic acid groups (broad SMARTS) is 1. The first kappa shape index (κ1) is 19.2. The van der Waals surface area contributed by atoms with Gasteiger partial charge in [-0.25, -0.2) is 0 Å². The molecule has 5 nitrogen and oxygen atoms in total. The number of likely N-dealkylation sites (N-methyl/N-ethyl adjacent to an activating group) is 1. The number of carboxylic acids is 1. The van der Waals surface area contributed by atoms with E-state index in [4.69, 9.17) is 5.11 Å². The molecule has 0 bridgehead atoms. The van der Waals surface area contributed by atoms with Gasteiger partial charge in [0.2, 0.25) is 5.91 Å². The molecule has 0 fully saturated rings. The lowest BCUT2D eigenvalue weighted by atomic mass is 9.86. The number of hydrogen-bond acceptors (Lipinski definition) is 3. The van der Waals surface area contributed by atoms with Gasteiger partial charge >= 0.3 is 5.97 Å². The molecular weight excluding hydrogens is 292 g/mol. The summed E-state index contributed by atoms with van der Waals surface area (Å²) in [6.45, 7) is 8.72. The molecule has 0 aliphatic carbocycles. The number of nitrogens with one attached hydrogen (secondary N) is 1. The molecule has 0 aliphatic heterocycles. The SMILES string of the molecule is CC(C(=O)O)N(C)CC(=O)NCCc1ccc(C(C)(C)C)cc1. The number of rotatable bonds is 7. The number of carbonyl (C=O) groups excluding carboxylic acids is 1. The standard InChI is InChI=1S/C18H28N2O3/c1-13(17(22)23)20(5)12-16(21)19-11-10-14-6-8-15(9-7-14)18(2,3)4/h6-9,13H,10-12H2,1-5H3,(H,19,21)(H,22,23). The first-order valence-electron chi connectivity index (χ1n) is 7.90. The Labute approximate surface area is 138 Å². The third-order valence-electron chi connectivity index (χ3n) is 3.97. The summed E-state index contributed by atoms with van der Waals surface area (Å²) in [6.07, 6.45) is 0.758. The van der Waals surface area contributed by atoms with Crippen LogP contribution in [0.3, 0.4) is 0 Å². The fraction of sp³-hybridized carbons (Fsp3) is 0.556.